The molecule has 0 fully saturated rings. The zero-order valence-electron chi connectivity index (χ0n) is 23.1. The average Bonchev–Trinajstić information content (AvgIpc) is 3.00. The van der Waals surface area contributed by atoms with E-state index in [1.54, 1.807) is 30.5 Å². The number of carbonyl (C=O) groups is 2. The number of nitrogens with one attached hydrogen (secondary N) is 2. The predicted molar refractivity (Wildman–Crippen MR) is 166 cm³/mol. The van der Waals surface area contributed by atoms with Gasteiger partial charge in [-0.05, 0) is 66.9 Å². The highest BCUT2D eigenvalue weighted by atomic mass is 16.3. The van der Waals surface area contributed by atoms with Gasteiger partial charge in [-0.25, -0.2) is 5.43 Å². The van der Waals surface area contributed by atoms with Crippen LogP contribution < -0.4 is 15.6 Å². The third-order valence-corrected chi connectivity index (χ3v) is 6.57. The van der Waals surface area contributed by atoms with Crippen molar-refractivity contribution in [2.75, 3.05) is 10.2 Å². The van der Waals surface area contributed by atoms with E-state index in [2.05, 4.69) is 45.0 Å². The van der Waals surface area contributed by atoms with E-state index in [-0.39, 0.29) is 17.6 Å². The number of unbranched alkanes of at least 4 members (excludes halogenated alkanes) is 4. The maximum absolute atomic E-state index is 12.2. The summed E-state index contributed by atoms with van der Waals surface area (Å²) in [5, 5.41) is 16.6. The highest BCUT2D eigenvalue weighted by Gasteiger charge is 2.11. The van der Waals surface area contributed by atoms with Crippen LogP contribution in [0.25, 0.3) is 0 Å². The number of phenolic OH excluding ortho intramolecular Hbond substituents is 1. The monoisotopic (exact) mass is 548 g/mol. The van der Waals surface area contributed by atoms with E-state index >= 15 is 0 Å². The van der Waals surface area contributed by atoms with Crippen molar-refractivity contribution in [3.05, 3.63) is 115 Å². The molecule has 0 unspecified atom stereocenters. The number of nitrogens with zero attached hydrogens (tertiary/aromatic N) is 2. The normalized spacial score (nSPS) is 10.8. The number of amides is 2. The summed E-state index contributed by atoms with van der Waals surface area (Å²) >= 11 is 0. The number of hydrogen-bond donors (Lipinski definition) is 3. The zero-order valence-corrected chi connectivity index (χ0v) is 23.1. The van der Waals surface area contributed by atoms with Crippen molar-refractivity contribution in [1.29, 1.82) is 0 Å². The van der Waals surface area contributed by atoms with Crippen LogP contribution in [0.4, 0.5) is 22.7 Å². The molecule has 4 rings (SSSR count). The molecule has 0 heterocycles. The van der Waals surface area contributed by atoms with Gasteiger partial charge in [0.25, 0.3) is 0 Å². The molecule has 3 N–H and O–H groups in total. The molecule has 7 nitrogen and oxygen atoms in total. The molecule has 41 heavy (non-hydrogen) atoms. The molecule has 0 saturated carbocycles. The summed E-state index contributed by atoms with van der Waals surface area (Å²) in [5.41, 5.74) is 7.10. The lowest BCUT2D eigenvalue weighted by Crippen LogP contribution is -2.16. The Hall–Kier alpha value is -4.91. The number of anilines is 4. The van der Waals surface area contributed by atoms with E-state index in [0.29, 0.717) is 18.5 Å². The first-order valence-corrected chi connectivity index (χ1v) is 14.0. The first kappa shape index (κ1) is 29.1. The van der Waals surface area contributed by atoms with Crippen molar-refractivity contribution in [3.63, 3.8) is 0 Å². The molecule has 0 aliphatic rings. The topological polar surface area (TPSA) is 94.0 Å². The van der Waals surface area contributed by atoms with Gasteiger partial charge in [-0.2, -0.15) is 5.10 Å². The van der Waals surface area contributed by atoms with Crippen molar-refractivity contribution in [1.82, 2.24) is 5.43 Å². The molecule has 210 valence electrons. The Bertz CT molecular complexity index is 1370. The van der Waals surface area contributed by atoms with Crippen LogP contribution in [0.2, 0.25) is 0 Å². The van der Waals surface area contributed by atoms with Crippen LogP contribution in [0.15, 0.2) is 114 Å². The number of para-hydroxylation sites is 4. The first-order chi connectivity index (χ1) is 20.1. The Morgan fingerprint density at radius 2 is 1.15 bits per heavy atom. The molecule has 0 spiro atoms. The number of hydrazone groups is 1. The fourth-order valence-electron chi connectivity index (χ4n) is 4.44. The highest BCUT2D eigenvalue weighted by molar-refractivity contribution is 5.92. The van der Waals surface area contributed by atoms with Gasteiger partial charge in [-0.3, -0.25) is 9.59 Å². The Balaban J connectivity index is 1.14. The minimum absolute atomic E-state index is 0.0652. The maximum atomic E-state index is 12.2. The molecule has 0 aliphatic heterocycles. The number of aromatic hydroxyl groups is 1. The van der Waals surface area contributed by atoms with E-state index in [4.69, 9.17) is 0 Å². The molecular formula is C34H36N4O3. The third kappa shape index (κ3) is 9.35. The Morgan fingerprint density at radius 1 is 0.634 bits per heavy atom. The molecule has 4 aromatic carbocycles. The minimum atomic E-state index is -0.112. The first-order valence-electron chi connectivity index (χ1n) is 14.0. The maximum Gasteiger partial charge on any atom is 0.240 e. The van der Waals surface area contributed by atoms with Gasteiger partial charge in [0.05, 0.1) is 11.9 Å². The fraction of sp³-hybridized carbons (Fsp3) is 0.206. The molecule has 4 aromatic rings. The minimum Gasteiger partial charge on any atom is -0.506 e. The molecule has 7 heteroatoms. The van der Waals surface area contributed by atoms with E-state index in [1.807, 2.05) is 60.7 Å². The van der Waals surface area contributed by atoms with E-state index in [0.717, 1.165) is 54.7 Å². The molecule has 0 bridgehead atoms. The van der Waals surface area contributed by atoms with Crippen LogP contribution in [-0.2, 0) is 9.59 Å². The molecule has 0 radical (unpaired) electrons. The van der Waals surface area contributed by atoms with E-state index in [9.17, 15) is 14.7 Å². The van der Waals surface area contributed by atoms with Crippen molar-refractivity contribution in [3.8, 4) is 5.75 Å². The second-order valence-electron chi connectivity index (χ2n) is 9.72. The zero-order chi connectivity index (χ0) is 28.7. The average molecular weight is 549 g/mol. The van der Waals surface area contributed by atoms with E-state index in [1.165, 1.54) is 0 Å². The number of rotatable bonds is 14. The van der Waals surface area contributed by atoms with Gasteiger partial charge in [0.15, 0.2) is 0 Å². The highest BCUT2D eigenvalue weighted by Crippen LogP contribution is 2.33. The molecular weight excluding hydrogens is 512 g/mol. The van der Waals surface area contributed by atoms with Gasteiger partial charge >= 0.3 is 0 Å². The second kappa shape index (κ2) is 15.6. The largest absolute Gasteiger partial charge is 0.506 e. The Labute approximate surface area is 241 Å². The van der Waals surface area contributed by atoms with Crippen LogP contribution in [0.3, 0.4) is 0 Å². The third-order valence-electron chi connectivity index (χ3n) is 6.57. The standard InChI is InChI=1S/C34H36N4O3/c39-32-19-13-12-18-31(32)36-33(40)20-10-2-1-3-11-21-34(41)37-35-26-27-22-24-30(25-23-27)38(28-14-6-4-7-15-28)29-16-8-5-9-17-29/h4-9,12-19,22-26,39H,1-3,10-11,20-21H2,(H,36,40)(H,37,41)/b35-26+. The smallest absolute Gasteiger partial charge is 0.240 e. The molecule has 0 aromatic heterocycles. The van der Waals surface area contributed by atoms with Gasteiger partial charge in [0.1, 0.15) is 5.75 Å². The fourth-order valence-corrected chi connectivity index (χ4v) is 4.44. The van der Waals surface area contributed by atoms with Crippen LogP contribution in [0.5, 0.6) is 5.75 Å². The van der Waals surface area contributed by atoms with Gasteiger partial charge in [-0.15, -0.1) is 0 Å². The Kier molecular flexibility index (Phi) is 11.1. The van der Waals surface area contributed by atoms with Gasteiger partial charge in [0.2, 0.25) is 11.8 Å². The van der Waals surface area contributed by atoms with Crippen molar-refractivity contribution in [2.45, 2.75) is 44.9 Å². The van der Waals surface area contributed by atoms with Crippen LogP contribution in [-0.4, -0.2) is 23.1 Å². The molecule has 2 amide bonds. The van der Waals surface area contributed by atoms with Crippen molar-refractivity contribution >= 4 is 40.8 Å². The number of carbonyl (C=O) groups excluding carboxylic acids is 2. The lowest BCUT2D eigenvalue weighted by atomic mass is 10.1. The lowest BCUT2D eigenvalue weighted by Gasteiger charge is -2.25. The van der Waals surface area contributed by atoms with Crippen LogP contribution in [0, 0.1) is 0 Å². The van der Waals surface area contributed by atoms with Crippen molar-refractivity contribution < 1.29 is 14.7 Å². The summed E-state index contributed by atoms with van der Waals surface area (Å²) in [5.74, 6) is -0.155. The lowest BCUT2D eigenvalue weighted by molar-refractivity contribution is -0.121. The van der Waals surface area contributed by atoms with Gasteiger partial charge < -0.3 is 15.3 Å². The van der Waals surface area contributed by atoms with E-state index < -0.39 is 0 Å². The summed E-state index contributed by atoms with van der Waals surface area (Å²) in [6.07, 6.45) is 6.79. The summed E-state index contributed by atoms with van der Waals surface area (Å²) in [6.45, 7) is 0. The van der Waals surface area contributed by atoms with Gasteiger partial charge in [0, 0.05) is 29.9 Å². The molecule has 0 saturated heterocycles. The van der Waals surface area contributed by atoms with Crippen LogP contribution in [0.1, 0.15) is 50.5 Å². The van der Waals surface area contributed by atoms with Gasteiger partial charge in [-0.1, -0.05) is 79.9 Å². The SMILES string of the molecule is O=C(CCCCCCCC(=O)Nc1ccccc1O)N/N=C/c1ccc(N(c2ccccc2)c2ccccc2)cc1. The summed E-state index contributed by atoms with van der Waals surface area (Å²) in [4.78, 5) is 26.4. The number of phenols is 1. The quantitative estimate of drug-likeness (QED) is 0.0652. The Morgan fingerprint density at radius 3 is 1.76 bits per heavy atom. The van der Waals surface area contributed by atoms with Crippen LogP contribution >= 0.6 is 0 Å². The molecule has 0 atom stereocenters. The number of benzene rings is 4. The molecule has 0 aliphatic carbocycles. The van der Waals surface area contributed by atoms with Crippen molar-refractivity contribution in [2.24, 2.45) is 5.10 Å². The summed E-state index contributed by atoms with van der Waals surface area (Å²) in [6, 6.07) is 35.2. The predicted octanol–water partition coefficient (Wildman–Crippen LogP) is 7.68. The summed E-state index contributed by atoms with van der Waals surface area (Å²) < 4.78 is 0. The second-order valence-corrected chi connectivity index (χ2v) is 9.72. The number of hydrogen-bond acceptors (Lipinski definition) is 5. The summed E-state index contributed by atoms with van der Waals surface area (Å²) in [7, 11) is 0.